The van der Waals surface area contributed by atoms with Gasteiger partial charge in [0.15, 0.2) is 0 Å². The topological polar surface area (TPSA) is 27.7 Å². The molecule has 0 atom stereocenters. The Morgan fingerprint density at radius 3 is 1.51 bits per heavy atom. The van der Waals surface area contributed by atoms with Gasteiger partial charge >= 0.3 is 0 Å². The monoisotopic (exact) mass is 674 g/mol. The zero-order chi connectivity index (χ0) is 34.6. The van der Waals surface area contributed by atoms with Gasteiger partial charge < -0.3 is 13.7 Å². The maximum absolute atomic E-state index is 4.47. The molecule has 0 spiro atoms. The van der Waals surface area contributed by atoms with Crippen LogP contribution in [0.15, 0.2) is 182 Å². The molecule has 53 heavy (non-hydrogen) atoms. The van der Waals surface area contributed by atoms with Crippen LogP contribution in [0, 0.1) is 0 Å². The van der Waals surface area contributed by atoms with Gasteiger partial charge in [-0.15, -0.1) is 0 Å². The molecule has 0 amide bonds. The molecule has 0 unspecified atom stereocenters. The number of benzene rings is 8. The van der Waals surface area contributed by atoms with E-state index >= 15 is 0 Å². The highest BCUT2D eigenvalue weighted by molar-refractivity contribution is 6.23. The van der Waals surface area contributed by atoms with Gasteiger partial charge in [0.2, 0.25) is 0 Å². The number of pyridine rings is 1. The third-order valence-electron chi connectivity index (χ3n) is 11.3. The number of rotatable bonds is 3. The highest BCUT2D eigenvalue weighted by Gasteiger charge is 2.22. The fourth-order valence-corrected chi connectivity index (χ4v) is 9.10. The first-order valence-corrected chi connectivity index (χ1v) is 18.1. The lowest BCUT2D eigenvalue weighted by molar-refractivity contribution is 1.17. The summed E-state index contributed by atoms with van der Waals surface area (Å²) >= 11 is 0. The Morgan fingerprint density at radius 1 is 0.321 bits per heavy atom. The Morgan fingerprint density at radius 2 is 0.868 bits per heavy atom. The zero-order valence-corrected chi connectivity index (χ0v) is 28.6. The molecular formula is C49H30N4. The van der Waals surface area contributed by atoms with Gasteiger partial charge in [0.25, 0.3) is 0 Å². The molecular weight excluding hydrogens is 645 g/mol. The molecule has 0 saturated heterocycles. The summed E-state index contributed by atoms with van der Waals surface area (Å²) in [6.45, 7) is 0. The van der Waals surface area contributed by atoms with Crippen LogP contribution in [0.3, 0.4) is 0 Å². The summed E-state index contributed by atoms with van der Waals surface area (Å²) in [7, 11) is 0. The average Bonchev–Trinajstić information content (AvgIpc) is 3.86. The lowest BCUT2D eigenvalue weighted by Crippen LogP contribution is -1.99. The molecule has 0 N–H and O–H groups in total. The van der Waals surface area contributed by atoms with Crippen molar-refractivity contribution in [3.8, 4) is 17.1 Å². The van der Waals surface area contributed by atoms with Crippen LogP contribution in [-0.4, -0.2) is 18.7 Å². The van der Waals surface area contributed by atoms with Crippen molar-refractivity contribution in [2.45, 2.75) is 0 Å². The number of fused-ring (bicyclic) bond motifs is 12. The second kappa shape index (κ2) is 10.7. The van der Waals surface area contributed by atoms with E-state index in [-0.39, 0.29) is 0 Å². The number of aromatic nitrogens is 4. The molecule has 0 radical (unpaired) electrons. The molecule has 0 aliphatic rings. The largest absolute Gasteiger partial charge is 0.309 e. The lowest BCUT2D eigenvalue weighted by atomic mass is 10.0. The lowest BCUT2D eigenvalue weighted by Gasteiger charge is -2.16. The van der Waals surface area contributed by atoms with Gasteiger partial charge in [0, 0.05) is 71.9 Å². The van der Waals surface area contributed by atoms with Gasteiger partial charge in [-0.3, -0.25) is 4.98 Å². The van der Waals surface area contributed by atoms with Crippen molar-refractivity contribution in [2.75, 3.05) is 0 Å². The van der Waals surface area contributed by atoms with Crippen molar-refractivity contribution in [3.63, 3.8) is 0 Å². The van der Waals surface area contributed by atoms with Crippen LogP contribution < -0.4 is 0 Å². The molecule has 0 aliphatic heterocycles. The molecule has 0 saturated carbocycles. The normalized spacial score (nSPS) is 12.2. The van der Waals surface area contributed by atoms with Gasteiger partial charge in [-0.2, -0.15) is 0 Å². The minimum atomic E-state index is 1.12. The van der Waals surface area contributed by atoms with Gasteiger partial charge in [-0.1, -0.05) is 109 Å². The predicted molar refractivity (Wildman–Crippen MR) is 222 cm³/mol. The van der Waals surface area contributed by atoms with E-state index in [1.165, 1.54) is 87.3 Å². The van der Waals surface area contributed by atoms with Crippen LogP contribution in [0.5, 0.6) is 0 Å². The third kappa shape index (κ3) is 3.87. The number of hydrogen-bond acceptors (Lipinski definition) is 1. The Labute approximate surface area is 304 Å². The van der Waals surface area contributed by atoms with Crippen molar-refractivity contribution in [1.29, 1.82) is 0 Å². The predicted octanol–water partition coefficient (Wildman–Crippen LogP) is 12.7. The van der Waals surface area contributed by atoms with E-state index in [0.717, 1.165) is 16.8 Å². The van der Waals surface area contributed by atoms with E-state index in [9.17, 15) is 0 Å². The summed E-state index contributed by atoms with van der Waals surface area (Å²) < 4.78 is 7.38. The van der Waals surface area contributed by atoms with Crippen LogP contribution in [-0.2, 0) is 0 Å². The molecule has 8 aromatic carbocycles. The Bertz CT molecular complexity index is 3360. The smallest absolute Gasteiger partial charge is 0.0621 e. The van der Waals surface area contributed by atoms with E-state index < -0.39 is 0 Å². The Kier molecular flexibility index (Phi) is 5.74. The molecule has 4 heteroatoms. The van der Waals surface area contributed by atoms with Gasteiger partial charge in [-0.25, -0.2) is 0 Å². The highest BCUT2D eigenvalue weighted by atomic mass is 15.0. The second-order valence-electron chi connectivity index (χ2n) is 14.0. The number of nitrogens with zero attached hydrogens (tertiary/aromatic N) is 4. The summed E-state index contributed by atoms with van der Waals surface area (Å²) in [5.41, 5.74) is 10.6. The van der Waals surface area contributed by atoms with Crippen molar-refractivity contribution < 1.29 is 0 Å². The highest BCUT2D eigenvalue weighted by Crippen LogP contribution is 2.44. The standard InChI is InChI=1S/C49H30N4/c1-2-18-39-38(17-1)48(52-45-21-9-5-15-36(45)37-16-6-10-22-46(37)52)29-41-40-28-32(51-43-19-7-3-13-34(43)35-14-4-8-20-44(35)51)24-25-47(40)53(49(39)41)42-23-11-12-31-30-50-27-26-33(31)42/h1-30H. The van der Waals surface area contributed by atoms with Crippen molar-refractivity contribution in [2.24, 2.45) is 0 Å². The first kappa shape index (κ1) is 28.5. The van der Waals surface area contributed by atoms with Crippen LogP contribution in [0.25, 0.3) is 104 Å². The van der Waals surface area contributed by atoms with Gasteiger partial charge in [0.05, 0.1) is 44.5 Å². The summed E-state index contributed by atoms with van der Waals surface area (Å²) in [6.07, 6.45) is 3.87. The van der Waals surface area contributed by atoms with Crippen molar-refractivity contribution in [1.82, 2.24) is 18.7 Å². The molecule has 246 valence electrons. The molecule has 4 heterocycles. The quantitative estimate of drug-likeness (QED) is 0.183. The molecule has 12 aromatic rings. The maximum atomic E-state index is 4.47. The Balaban J connectivity index is 1.28. The Hall–Kier alpha value is -7.17. The SMILES string of the molecule is c1cc(-n2c3ccc(-n4c5ccccc5c5ccccc54)cc3c3cc(-n4c5ccccc5c5ccccc54)c4ccccc4c32)c2ccncc2c1. The van der Waals surface area contributed by atoms with E-state index in [1.54, 1.807) is 0 Å². The molecule has 4 nitrogen and oxygen atoms in total. The van der Waals surface area contributed by atoms with E-state index in [1.807, 2.05) is 12.4 Å². The maximum Gasteiger partial charge on any atom is 0.0621 e. The molecule has 0 fully saturated rings. The molecule has 12 rings (SSSR count). The van der Waals surface area contributed by atoms with Crippen molar-refractivity contribution >= 4 is 87.0 Å². The summed E-state index contributed by atoms with van der Waals surface area (Å²) in [4.78, 5) is 4.47. The summed E-state index contributed by atoms with van der Waals surface area (Å²) in [5.74, 6) is 0. The van der Waals surface area contributed by atoms with Crippen LogP contribution in [0.1, 0.15) is 0 Å². The van der Waals surface area contributed by atoms with E-state index in [0.29, 0.717) is 0 Å². The summed E-state index contributed by atoms with van der Waals surface area (Å²) in [6, 6.07) is 62.2. The zero-order valence-electron chi connectivity index (χ0n) is 28.6. The fourth-order valence-electron chi connectivity index (χ4n) is 9.10. The van der Waals surface area contributed by atoms with Crippen LogP contribution >= 0.6 is 0 Å². The van der Waals surface area contributed by atoms with E-state index in [4.69, 9.17) is 0 Å². The minimum absolute atomic E-state index is 1.12. The van der Waals surface area contributed by atoms with Gasteiger partial charge in [0.1, 0.15) is 0 Å². The van der Waals surface area contributed by atoms with E-state index in [2.05, 4.69) is 189 Å². The molecule has 0 aliphatic carbocycles. The van der Waals surface area contributed by atoms with Crippen LogP contribution in [0.4, 0.5) is 0 Å². The van der Waals surface area contributed by atoms with Crippen molar-refractivity contribution in [3.05, 3.63) is 182 Å². The number of hydrogen-bond donors (Lipinski definition) is 0. The minimum Gasteiger partial charge on any atom is -0.309 e. The average molecular weight is 675 g/mol. The third-order valence-corrected chi connectivity index (χ3v) is 11.3. The molecule has 4 aromatic heterocycles. The first-order valence-electron chi connectivity index (χ1n) is 18.1. The number of para-hydroxylation sites is 4. The summed E-state index contributed by atoms with van der Waals surface area (Å²) in [5, 5.41) is 12.2. The molecule has 0 bridgehead atoms. The van der Waals surface area contributed by atoms with Gasteiger partial charge in [-0.05, 0) is 60.7 Å². The van der Waals surface area contributed by atoms with Crippen LogP contribution in [0.2, 0.25) is 0 Å². The fraction of sp³-hybridized carbons (Fsp3) is 0. The second-order valence-corrected chi connectivity index (χ2v) is 14.0. The first-order chi connectivity index (χ1) is 26.3.